The van der Waals surface area contributed by atoms with Crippen LogP contribution >= 0.6 is 0 Å². The van der Waals surface area contributed by atoms with Crippen LogP contribution in [0.1, 0.15) is 38.3 Å². The van der Waals surface area contributed by atoms with Gasteiger partial charge in [0.1, 0.15) is 0 Å². The molecule has 1 aromatic rings. The van der Waals surface area contributed by atoms with Crippen molar-refractivity contribution in [3.8, 4) is 0 Å². The van der Waals surface area contributed by atoms with Crippen LogP contribution < -0.4 is 10.6 Å². The molecule has 1 heterocycles. The van der Waals surface area contributed by atoms with Gasteiger partial charge in [0.05, 0.1) is 5.69 Å². The lowest BCUT2D eigenvalue weighted by Gasteiger charge is -2.28. The maximum Gasteiger partial charge on any atom is 0.228 e. The maximum absolute atomic E-state index is 12.2. The number of aryl methyl sites for hydroxylation is 2. The van der Waals surface area contributed by atoms with Gasteiger partial charge in [0.2, 0.25) is 5.91 Å². The molecule has 3 nitrogen and oxygen atoms in total. The zero-order valence-corrected chi connectivity index (χ0v) is 11.4. The third-order valence-electron chi connectivity index (χ3n) is 3.91. The predicted molar refractivity (Wildman–Crippen MR) is 74.7 cm³/mol. The van der Waals surface area contributed by atoms with E-state index < -0.39 is 0 Å². The molecule has 2 atom stereocenters. The molecule has 18 heavy (non-hydrogen) atoms. The van der Waals surface area contributed by atoms with E-state index in [1.165, 1.54) is 11.1 Å². The first kappa shape index (κ1) is 13.1. The first-order chi connectivity index (χ1) is 8.60. The molecule has 0 radical (unpaired) electrons. The first-order valence-corrected chi connectivity index (χ1v) is 6.78. The highest BCUT2D eigenvalue weighted by Crippen LogP contribution is 2.33. The van der Waals surface area contributed by atoms with E-state index in [0.717, 1.165) is 18.5 Å². The molecule has 98 valence electrons. The minimum atomic E-state index is -0.0490. The van der Waals surface area contributed by atoms with Crippen molar-refractivity contribution in [2.75, 3.05) is 4.90 Å². The Bertz CT molecular complexity index is 434. The van der Waals surface area contributed by atoms with Crippen LogP contribution in [0.15, 0.2) is 18.2 Å². The largest absolute Gasteiger partial charge is 0.325 e. The summed E-state index contributed by atoms with van der Waals surface area (Å²) in [6.45, 7) is 6.30. The highest BCUT2D eigenvalue weighted by molar-refractivity contribution is 5.98. The van der Waals surface area contributed by atoms with Gasteiger partial charge in [0.25, 0.3) is 0 Å². The van der Waals surface area contributed by atoms with Crippen molar-refractivity contribution in [2.45, 2.75) is 52.1 Å². The Labute approximate surface area is 109 Å². The number of amides is 1. The second-order valence-electron chi connectivity index (χ2n) is 5.00. The molecule has 0 spiro atoms. The van der Waals surface area contributed by atoms with E-state index >= 15 is 0 Å². The second kappa shape index (κ2) is 5.11. The van der Waals surface area contributed by atoms with Crippen molar-refractivity contribution >= 4 is 11.6 Å². The summed E-state index contributed by atoms with van der Waals surface area (Å²) in [6.07, 6.45) is 2.34. The van der Waals surface area contributed by atoms with Gasteiger partial charge in [-0.05, 0) is 30.9 Å². The SMILES string of the molecule is CCc1cccc(CC)c1N1C(=O)CC(N)C1C. The van der Waals surface area contributed by atoms with Crippen molar-refractivity contribution in [3.63, 3.8) is 0 Å². The third kappa shape index (κ3) is 2.03. The third-order valence-corrected chi connectivity index (χ3v) is 3.91. The number of anilines is 1. The number of nitrogens with two attached hydrogens (primary N) is 1. The van der Waals surface area contributed by atoms with Gasteiger partial charge in [-0.2, -0.15) is 0 Å². The summed E-state index contributed by atoms with van der Waals surface area (Å²) >= 11 is 0. The van der Waals surface area contributed by atoms with E-state index in [0.29, 0.717) is 6.42 Å². The van der Waals surface area contributed by atoms with Crippen molar-refractivity contribution in [2.24, 2.45) is 5.73 Å². The van der Waals surface area contributed by atoms with Gasteiger partial charge in [0.15, 0.2) is 0 Å². The number of para-hydroxylation sites is 1. The van der Waals surface area contributed by atoms with Gasteiger partial charge in [-0.3, -0.25) is 4.79 Å². The van der Waals surface area contributed by atoms with Crippen LogP contribution in [0.25, 0.3) is 0 Å². The van der Waals surface area contributed by atoms with Crippen LogP contribution in [-0.2, 0) is 17.6 Å². The molecule has 1 aliphatic rings. The summed E-state index contributed by atoms with van der Waals surface area (Å²) in [4.78, 5) is 14.1. The molecule has 3 heteroatoms. The van der Waals surface area contributed by atoms with Crippen LogP contribution in [0.2, 0.25) is 0 Å². The highest BCUT2D eigenvalue weighted by atomic mass is 16.2. The Morgan fingerprint density at radius 3 is 2.22 bits per heavy atom. The molecule has 0 aromatic heterocycles. The lowest BCUT2D eigenvalue weighted by atomic mass is 10.0. The summed E-state index contributed by atoms with van der Waals surface area (Å²) in [5, 5.41) is 0. The summed E-state index contributed by atoms with van der Waals surface area (Å²) in [5.74, 6) is 0.158. The van der Waals surface area contributed by atoms with E-state index in [1.54, 1.807) is 0 Å². The standard InChI is InChI=1S/C15H22N2O/c1-4-11-7-6-8-12(5-2)15(11)17-10(3)13(16)9-14(17)18/h6-8,10,13H,4-5,9,16H2,1-3H3. The molecule has 0 bridgehead atoms. The molecule has 1 amide bonds. The molecule has 0 saturated carbocycles. The molecule has 1 fully saturated rings. The molecular weight excluding hydrogens is 224 g/mol. The van der Waals surface area contributed by atoms with Gasteiger partial charge >= 0.3 is 0 Å². The summed E-state index contributed by atoms with van der Waals surface area (Å²) < 4.78 is 0. The van der Waals surface area contributed by atoms with Crippen molar-refractivity contribution in [1.82, 2.24) is 0 Å². The number of hydrogen-bond donors (Lipinski definition) is 1. The van der Waals surface area contributed by atoms with Gasteiger partial charge in [-0.15, -0.1) is 0 Å². The van der Waals surface area contributed by atoms with Crippen LogP contribution in [0.3, 0.4) is 0 Å². The second-order valence-corrected chi connectivity index (χ2v) is 5.00. The number of rotatable bonds is 3. The van der Waals surface area contributed by atoms with Gasteiger partial charge in [-0.25, -0.2) is 0 Å². The zero-order chi connectivity index (χ0) is 13.3. The topological polar surface area (TPSA) is 46.3 Å². The summed E-state index contributed by atoms with van der Waals surface area (Å²) in [5.41, 5.74) is 9.60. The Morgan fingerprint density at radius 1 is 1.28 bits per heavy atom. The van der Waals surface area contributed by atoms with E-state index in [2.05, 4.69) is 32.0 Å². The van der Waals surface area contributed by atoms with Crippen LogP contribution in [0.4, 0.5) is 5.69 Å². The molecule has 2 rings (SSSR count). The monoisotopic (exact) mass is 246 g/mol. The van der Waals surface area contributed by atoms with Gasteiger partial charge < -0.3 is 10.6 Å². The van der Waals surface area contributed by atoms with E-state index in [-0.39, 0.29) is 18.0 Å². The number of carbonyl (C=O) groups is 1. The normalized spacial score (nSPS) is 23.8. The quantitative estimate of drug-likeness (QED) is 0.889. The minimum Gasteiger partial charge on any atom is -0.325 e. The van der Waals surface area contributed by atoms with Crippen LogP contribution in [-0.4, -0.2) is 18.0 Å². The highest BCUT2D eigenvalue weighted by Gasteiger charge is 2.37. The Morgan fingerprint density at radius 2 is 1.83 bits per heavy atom. The molecule has 2 unspecified atom stereocenters. The maximum atomic E-state index is 12.2. The average molecular weight is 246 g/mol. The number of benzene rings is 1. The van der Waals surface area contributed by atoms with E-state index in [9.17, 15) is 4.79 Å². The smallest absolute Gasteiger partial charge is 0.228 e. The first-order valence-electron chi connectivity index (χ1n) is 6.78. The molecular formula is C15H22N2O. The molecule has 1 aromatic carbocycles. The molecule has 1 saturated heterocycles. The summed E-state index contributed by atoms with van der Waals surface area (Å²) in [7, 11) is 0. The Kier molecular flexibility index (Phi) is 3.71. The zero-order valence-electron chi connectivity index (χ0n) is 11.4. The van der Waals surface area contributed by atoms with Gasteiger partial charge in [-0.1, -0.05) is 32.0 Å². The fraction of sp³-hybridized carbons (Fsp3) is 0.533. The van der Waals surface area contributed by atoms with Crippen molar-refractivity contribution in [1.29, 1.82) is 0 Å². The number of carbonyl (C=O) groups excluding carboxylic acids is 1. The summed E-state index contributed by atoms with van der Waals surface area (Å²) in [6, 6.07) is 6.34. The van der Waals surface area contributed by atoms with E-state index in [4.69, 9.17) is 5.73 Å². The fourth-order valence-corrected chi connectivity index (χ4v) is 2.74. The average Bonchev–Trinajstić information content (AvgIpc) is 2.62. The van der Waals surface area contributed by atoms with Crippen molar-refractivity contribution in [3.05, 3.63) is 29.3 Å². The fourth-order valence-electron chi connectivity index (χ4n) is 2.74. The number of hydrogen-bond acceptors (Lipinski definition) is 2. The Hall–Kier alpha value is -1.35. The van der Waals surface area contributed by atoms with Gasteiger partial charge in [0, 0.05) is 18.5 Å². The lowest BCUT2D eigenvalue weighted by molar-refractivity contribution is -0.117. The lowest BCUT2D eigenvalue weighted by Crippen LogP contribution is -2.39. The predicted octanol–water partition coefficient (Wildman–Crippen LogP) is 2.26. The van der Waals surface area contributed by atoms with Crippen LogP contribution in [0.5, 0.6) is 0 Å². The Balaban J connectivity index is 2.52. The van der Waals surface area contributed by atoms with Crippen LogP contribution in [0, 0.1) is 0 Å². The number of nitrogens with zero attached hydrogens (tertiary/aromatic N) is 1. The molecule has 1 aliphatic heterocycles. The molecule has 0 aliphatic carbocycles. The van der Waals surface area contributed by atoms with E-state index in [1.807, 2.05) is 11.8 Å². The van der Waals surface area contributed by atoms with Crippen molar-refractivity contribution < 1.29 is 4.79 Å². The molecule has 2 N–H and O–H groups in total. The minimum absolute atomic E-state index is 0.0490.